The molecule has 5 atom stereocenters. The van der Waals surface area contributed by atoms with Gasteiger partial charge in [-0.25, -0.2) is 8.42 Å². The fraction of sp³-hybridized carbons (Fsp3) is 0.245. The van der Waals surface area contributed by atoms with Crippen LogP contribution in [0.15, 0.2) is 161 Å². The summed E-state index contributed by atoms with van der Waals surface area (Å²) in [5.74, 6) is 1.09. The first-order valence-electron chi connectivity index (χ1n) is 20.0. The molecule has 9 nitrogen and oxygen atoms in total. The van der Waals surface area contributed by atoms with Crippen LogP contribution in [0.25, 0.3) is 11.1 Å². The maximum absolute atomic E-state index is 13.7. The maximum Gasteiger partial charge on any atom is 0.241 e. The van der Waals surface area contributed by atoms with Gasteiger partial charge < -0.3 is 24.6 Å². The Morgan fingerprint density at radius 1 is 0.767 bits per heavy atom. The van der Waals surface area contributed by atoms with E-state index >= 15 is 0 Å². The minimum atomic E-state index is -3.98. The summed E-state index contributed by atoms with van der Waals surface area (Å²) in [4.78, 5) is 14.9. The van der Waals surface area contributed by atoms with E-state index in [1.54, 1.807) is 43.1 Å². The first-order valence-corrected chi connectivity index (χ1v) is 22.4. The maximum atomic E-state index is 13.7. The number of carbonyl (C=O) groups is 1. The van der Waals surface area contributed by atoms with E-state index in [0.717, 1.165) is 55.2 Å². The van der Waals surface area contributed by atoms with Crippen LogP contribution in [0, 0.1) is 12.8 Å². The Balaban J connectivity index is 1.08. The van der Waals surface area contributed by atoms with Crippen LogP contribution in [0.2, 0.25) is 0 Å². The lowest BCUT2D eigenvalue weighted by Gasteiger charge is -2.41. The van der Waals surface area contributed by atoms with Crippen LogP contribution in [0.4, 0.5) is 0 Å². The Kier molecular flexibility index (Phi) is 14.2. The van der Waals surface area contributed by atoms with Gasteiger partial charge in [0.15, 0.2) is 6.29 Å². The molecule has 1 aliphatic heterocycles. The van der Waals surface area contributed by atoms with Crippen LogP contribution in [0.3, 0.4) is 0 Å². The molecule has 7 rings (SSSR count). The van der Waals surface area contributed by atoms with Gasteiger partial charge in [-0.2, -0.15) is 4.72 Å². The molecule has 60 heavy (non-hydrogen) atoms. The van der Waals surface area contributed by atoms with Crippen LogP contribution in [0.1, 0.15) is 52.7 Å². The zero-order chi connectivity index (χ0) is 42.1. The number of ether oxygens (including phenoxy) is 3. The van der Waals surface area contributed by atoms with Gasteiger partial charge in [0, 0.05) is 28.7 Å². The van der Waals surface area contributed by atoms with E-state index in [9.17, 15) is 18.3 Å². The lowest BCUT2D eigenvalue weighted by Crippen LogP contribution is -2.47. The molecule has 1 amide bonds. The lowest BCUT2D eigenvalue weighted by molar-refractivity contribution is -0.268. The number of aliphatic hydroxyl groups is 1. The Morgan fingerprint density at radius 3 is 2.18 bits per heavy atom. The van der Waals surface area contributed by atoms with E-state index in [1.165, 1.54) is 0 Å². The molecule has 310 valence electrons. The molecule has 0 unspecified atom stereocenters. The first kappa shape index (κ1) is 42.8. The Morgan fingerprint density at radius 2 is 1.45 bits per heavy atom. The highest BCUT2D eigenvalue weighted by atomic mass is 32.2. The number of hydrogen-bond donors (Lipinski definition) is 3. The second kappa shape index (κ2) is 19.9. The summed E-state index contributed by atoms with van der Waals surface area (Å²) in [6, 6.07) is 46.7. The van der Waals surface area contributed by atoms with Crippen LogP contribution >= 0.6 is 11.8 Å². The molecule has 6 aromatic carbocycles. The molecule has 0 aliphatic carbocycles. The quantitative estimate of drug-likeness (QED) is 0.0826. The largest absolute Gasteiger partial charge is 0.496 e. The monoisotopic (exact) mass is 842 g/mol. The van der Waals surface area contributed by atoms with Crippen molar-refractivity contribution < 1.29 is 32.5 Å². The predicted molar refractivity (Wildman–Crippen MR) is 236 cm³/mol. The summed E-state index contributed by atoms with van der Waals surface area (Å²) in [6.45, 7) is 4.20. The van der Waals surface area contributed by atoms with Gasteiger partial charge in [0.1, 0.15) is 11.8 Å². The second-order valence-electron chi connectivity index (χ2n) is 15.0. The number of aryl methyl sites for hydroxylation is 1. The number of nitrogens with one attached hydrogen (secondary N) is 2. The average Bonchev–Trinajstić information content (AvgIpc) is 3.28. The van der Waals surface area contributed by atoms with Crippen molar-refractivity contribution in [2.24, 2.45) is 5.92 Å². The van der Waals surface area contributed by atoms with Gasteiger partial charge >= 0.3 is 0 Å². The third-order valence-corrected chi connectivity index (χ3v) is 13.3. The highest BCUT2D eigenvalue weighted by Gasteiger charge is 2.38. The molecule has 0 radical (unpaired) electrons. The van der Waals surface area contributed by atoms with Gasteiger partial charge in [-0.1, -0.05) is 128 Å². The molecule has 11 heteroatoms. The van der Waals surface area contributed by atoms with E-state index in [2.05, 4.69) is 29.1 Å². The normalized spacial score (nSPS) is 18.4. The van der Waals surface area contributed by atoms with E-state index < -0.39 is 28.3 Å². The number of amides is 1. The summed E-state index contributed by atoms with van der Waals surface area (Å²) >= 11 is 1.69. The van der Waals surface area contributed by atoms with Gasteiger partial charge in [0.05, 0.1) is 30.8 Å². The summed E-state index contributed by atoms with van der Waals surface area (Å²) < 4.78 is 48.6. The molecular formula is C49H50N2O7S2. The van der Waals surface area contributed by atoms with Crippen molar-refractivity contribution in [1.82, 2.24) is 10.0 Å². The minimum Gasteiger partial charge on any atom is -0.496 e. The number of benzene rings is 6. The highest BCUT2D eigenvalue weighted by molar-refractivity contribution is 7.99. The fourth-order valence-corrected chi connectivity index (χ4v) is 9.66. The molecular weight excluding hydrogens is 793 g/mol. The zero-order valence-corrected chi connectivity index (χ0v) is 35.5. The van der Waals surface area contributed by atoms with E-state index in [1.807, 2.05) is 122 Å². The predicted octanol–water partition coefficient (Wildman–Crippen LogP) is 8.95. The van der Waals surface area contributed by atoms with Crippen molar-refractivity contribution in [2.45, 2.75) is 67.8 Å². The zero-order valence-electron chi connectivity index (χ0n) is 33.9. The minimum absolute atomic E-state index is 0.0173. The van der Waals surface area contributed by atoms with E-state index in [0.29, 0.717) is 5.75 Å². The molecule has 1 heterocycles. The van der Waals surface area contributed by atoms with Gasteiger partial charge in [0.25, 0.3) is 0 Å². The van der Waals surface area contributed by atoms with E-state index in [-0.39, 0.29) is 42.6 Å². The summed E-state index contributed by atoms with van der Waals surface area (Å²) in [5, 5.41) is 12.7. The molecule has 1 fully saturated rings. The van der Waals surface area contributed by atoms with Crippen molar-refractivity contribution >= 4 is 27.7 Å². The molecule has 0 aromatic heterocycles. The van der Waals surface area contributed by atoms with Crippen molar-refractivity contribution in [3.05, 3.63) is 185 Å². The molecule has 3 N–H and O–H groups in total. The second-order valence-corrected chi connectivity index (χ2v) is 17.8. The lowest BCUT2D eigenvalue weighted by atomic mass is 9.91. The Hall–Kier alpha value is -5.27. The highest BCUT2D eigenvalue weighted by Crippen LogP contribution is 2.44. The smallest absolute Gasteiger partial charge is 0.241 e. The molecule has 0 spiro atoms. The standard InChI is InChI=1S/C49H50N2O7S2/c1-33-19-25-42(26-20-33)60(54,55)51-43(28-35-11-5-4-6-12-35)48(53)50-30-37-13-9-14-39(27-37)40-15-10-16-41(29-40)49-57-45(32-59-46-18-8-7-17-44(46)56-3)34(2)47(58-49)38-23-21-36(31-52)22-24-38/h4-27,29,34,43,45,47,49,51-52H,28,30-32H2,1-3H3,(H,50,53)/t34-,43-,45+,47+,49+/m1/s1. The van der Waals surface area contributed by atoms with Gasteiger partial charge in [0.2, 0.25) is 15.9 Å². The molecule has 0 saturated carbocycles. The van der Waals surface area contributed by atoms with Crippen molar-refractivity contribution in [2.75, 3.05) is 12.9 Å². The average molecular weight is 843 g/mol. The molecule has 0 bridgehead atoms. The fourth-order valence-electron chi connectivity index (χ4n) is 7.27. The van der Waals surface area contributed by atoms with E-state index in [4.69, 9.17) is 14.2 Å². The van der Waals surface area contributed by atoms with Crippen molar-refractivity contribution in [3.8, 4) is 16.9 Å². The first-order chi connectivity index (χ1) is 29.1. The summed E-state index contributed by atoms with van der Waals surface area (Å²) in [6.07, 6.45) is -0.894. The van der Waals surface area contributed by atoms with Gasteiger partial charge in [-0.3, -0.25) is 4.79 Å². The Labute approximate surface area is 357 Å². The number of sulfonamides is 1. The number of rotatable bonds is 16. The number of para-hydroxylation sites is 1. The van der Waals surface area contributed by atoms with Crippen molar-refractivity contribution in [3.63, 3.8) is 0 Å². The Bertz CT molecular complexity index is 2460. The summed E-state index contributed by atoms with van der Waals surface area (Å²) in [7, 11) is -2.30. The van der Waals surface area contributed by atoms with Crippen LogP contribution in [-0.2, 0) is 43.9 Å². The number of thioether (sulfide) groups is 1. The number of carbonyl (C=O) groups excluding carboxylic acids is 1. The number of hydrogen-bond acceptors (Lipinski definition) is 8. The molecule has 1 aliphatic rings. The SMILES string of the molecule is COc1ccccc1SC[C@@H]1O[C@H](c2cccc(-c3cccc(CNC(=O)[C@@H](Cc4ccccc4)NS(=O)(=O)c4ccc(C)cc4)c3)c2)O[C@H](c2ccc(CO)cc2)[C@@H]1C. The van der Waals surface area contributed by atoms with Crippen LogP contribution in [0.5, 0.6) is 5.75 Å². The van der Waals surface area contributed by atoms with Crippen LogP contribution < -0.4 is 14.8 Å². The van der Waals surface area contributed by atoms with Crippen LogP contribution in [-0.4, -0.2) is 44.4 Å². The number of aliphatic hydroxyl groups excluding tert-OH is 1. The third kappa shape index (κ3) is 10.7. The topological polar surface area (TPSA) is 123 Å². The van der Waals surface area contributed by atoms with Gasteiger partial charge in [-0.05, 0) is 83.1 Å². The van der Waals surface area contributed by atoms with Gasteiger partial charge in [-0.15, -0.1) is 11.8 Å². The third-order valence-electron chi connectivity index (χ3n) is 10.7. The molecule has 1 saturated heterocycles. The number of methoxy groups -OCH3 is 1. The molecule has 6 aromatic rings. The summed E-state index contributed by atoms with van der Waals surface area (Å²) in [5.41, 5.74) is 7.22. The van der Waals surface area contributed by atoms with Crippen molar-refractivity contribution in [1.29, 1.82) is 0 Å².